The second-order valence-electron chi connectivity index (χ2n) is 3.62. The highest BCUT2D eigenvalue weighted by molar-refractivity contribution is 6.34. The van der Waals surface area contributed by atoms with Crippen LogP contribution in [0.3, 0.4) is 0 Å². The molecule has 0 saturated heterocycles. The highest BCUT2D eigenvalue weighted by atomic mass is 35.5. The van der Waals surface area contributed by atoms with Crippen LogP contribution in [0.1, 0.15) is 6.42 Å². The molecule has 1 aromatic rings. The van der Waals surface area contributed by atoms with Gasteiger partial charge in [0.05, 0.1) is 16.4 Å². The van der Waals surface area contributed by atoms with Crippen molar-refractivity contribution in [2.45, 2.75) is 6.42 Å². The molecule has 0 atom stereocenters. The van der Waals surface area contributed by atoms with Gasteiger partial charge in [0.2, 0.25) is 5.91 Å². The number of amides is 1. The topological polar surface area (TPSA) is 58.4 Å². The highest BCUT2D eigenvalue weighted by Crippen LogP contribution is 2.32. The van der Waals surface area contributed by atoms with Crippen molar-refractivity contribution in [1.29, 1.82) is 0 Å². The molecule has 0 heterocycles. The summed E-state index contributed by atoms with van der Waals surface area (Å²) in [6.07, 6.45) is 0.305. The zero-order valence-corrected chi connectivity index (χ0v) is 10.2. The van der Waals surface area contributed by atoms with E-state index in [9.17, 15) is 4.79 Å². The number of nitrogens with two attached hydrogens (primary N) is 1. The third-order valence-corrected chi connectivity index (χ3v) is 2.38. The number of nitrogens with zero attached hydrogens (tertiary/aromatic N) is 1. The fourth-order valence-corrected chi connectivity index (χ4v) is 1.76. The van der Waals surface area contributed by atoms with Crippen LogP contribution in [0.15, 0.2) is 18.2 Å². The first-order valence-electron chi connectivity index (χ1n) is 5.02. The van der Waals surface area contributed by atoms with Crippen molar-refractivity contribution in [2.24, 2.45) is 5.73 Å². The number of para-hydroxylation sites is 1. The molecule has 3 N–H and O–H groups in total. The van der Waals surface area contributed by atoms with Crippen LogP contribution in [0.25, 0.3) is 0 Å². The lowest BCUT2D eigenvalue weighted by Crippen LogP contribution is -2.19. The molecule has 0 fully saturated rings. The van der Waals surface area contributed by atoms with E-state index in [1.54, 1.807) is 12.1 Å². The number of carbonyl (C=O) groups excluding carboxylic acids is 1. The molecule has 0 radical (unpaired) electrons. The smallest absolute Gasteiger partial charge is 0.225 e. The lowest BCUT2D eigenvalue weighted by Gasteiger charge is -2.19. The van der Waals surface area contributed by atoms with Crippen LogP contribution in [-0.4, -0.2) is 26.5 Å². The van der Waals surface area contributed by atoms with Gasteiger partial charge in [0, 0.05) is 27.1 Å². The summed E-state index contributed by atoms with van der Waals surface area (Å²) in [6.45, 7) is 0.337. The van der Waals surface area contributed by atoms with Crippen molar-refractivity contribution >= 4 is 28.9 Å². The number of nitrogens with one attached hydrogen (secondary N) is 1. The maximum atomic E-state index is 11.4. The summed E-state index contributed by atoms with van der Waals surface area (Å²) in [5.41, 5.74) is 6.82. The molecule has 1 aromatic carbocycles. The molecular formula is C11H16ClN3O. The Kier molecular flexibility index (Phi) is 4.58. The van der Waals surface area contributed by atoms with Crippen molar-refractivity contribution in [2.75, 3.05) is 30.9 Å². The molecule has 0 unspecified atom stereocenters. The molecule has 88 valence electrons. The van der Waals surface area contributed by atoms with Crippen molar-refractivity contribution in [3.8, 4) is 0 Å². The zero-order chi connectivity index (χ0) is 12.1. The van der Waals surface area contributed by atoms with Crippen LogP contribution in [-0.2, 0) is 4.79 Å². The minimum atomic E-state index is -0.104. The average molecular weight is 242 g/mol. The Morgan fingerprint density at radius 3 is 2.75 bits per heavy atom. The lowest BCUT2D eigenvalue weighted by molar-refractivity contribution is -0.116. The molecule has 0 spiro atoms. The van der Waals surface area contributed by atoms with Crippen LogP contribution in [0.2, 0.25) is 5.02 Å². The maximum Gasteiger partial charge on any atom is 0.225 e. The lowest BCUT2D eigenvalue weighted by atomic mass is 10.2. The quantitative estimate of drug-likeness (QED) is 0.844. The molecule has 1 rings (SSSR count). The summed E-state index contributed by atoms with van der Waals surface area (Å²) in [4.78, 5) is 13.3. The predicted octanol–water partition coefficient (Wildman–Crippen LogP) is 1.69. The minimum absolute atomic E-state index is 0.104. The second kappa shape index (κ2) is 5.72. The third-order valence-electron chi connectivity index (χ3n) is 2.08. The van der Waals surface area contributed by atoms with Gasteiger partial charge < -0.3 is 16.0 Å². The van der Waals surface area contributed by atoms with Crippen molar-refractivity contribution in [3.05, 3.63) is 23.2 Å². The summed E-state index contributed by atoms with van der Waals surface area (Å²) in [5, 5.41) is 3.40. The SMILES string of the molecule is CN(C)c1c(Cl)cccc1NC(=O)CCN. The van der Waals surface area contributed by atoms with E-state index in [-0.39, 0.29) is 5.91 Å². The standard InChI is InChI=1S/C11H16ClN3O/c1-15(2)11-8(12)4-3-5-9(11)14-10(16)6-7-13/h3-5H,6-7,13H2,1-2H3,(H,14,16). The fraction of sp³-hybridized carbons (Fsp3) is 0.364. The van der Waals surface area contributed by atoms with Gasteiger partial charge in [-0.2, -0.15) is 0 Å². The number of carbonyl (C=O) groups is 1. The van der Waals surface area contributed by atoms with E-state index < -0.39 is 0 Å². The first-order valence-corrected chi connectivity index (χ1v) is 5.39. The van der Waals surface area contributed by atoms with Gasteiger partial charge in [0.15, 0.2) is 0 Å². The van der Waals surface area contributed by atoms with E-state index in [1.165, 1.54) is 0 Å². The van der Waals surface area contributed by atoms with Crippen LogP contribution in [0.4, 0.5) is 11.4 Å². The molecule has 5 heteroatoms. The Morgan fingerprint density at radius 2 is 2.19 bits per heavy atom. The van der Waals surface area contributed by atoms with Gasteiger partial charge in [-0.25, -0.2) is 0 Å². The van der Waals surface area contributed by atoms with Gasteiger partial charge in [-0.3, -0.25) is 4.79 Å². The van der Waals surface area contributed by atoms with E-state index in [4.69, 9.17) is 17.3 Å². The summed E-state index contributed by atoms with van der Waals surface area (Å²) >= 11 is 6.07. The monoisotopic (exact) mass is 241 g/mol. The van der Waals surface area contributed by atoms with E-state index in [0.717, 1.165) is 5.69 Å². The van der Waals surface area contributed by atoms with E-state index in [2.05, 4.69) is 5.32 Å². The first-order chi connectivity index (χ1) is 7.56. The normalized spacial score (nSPS) is 10.0. The number of hydrogen-bond acceptors (Lipinski definition) is 3. The van der Waals surface area contributed by atoms with Crippen LogP contribution >= 0.6 is 11.6 Å². The molecule has 0 aliphatic rings. The minimum Gasteiger partial charge on any atom is -0.375 e. The van der Waals surface area contributed by atoms with Gasteiger partial charge in [-0.05, 0) is 12.1 Å². The van der Waals surface area contributed by atoms with Crippen molar-refractivity contribution < 1.29 is 4.79 Å². The Morgan fingerprint density at radius 1 is 1.50 bits per heavy atom. The molecular weight excluding hydrogens is 226 g/mol. The van der Waals surface area contributed by atoms with Gasteiger partial charge in [-0.15, -0.1) is 0 Å². The summed E-state index contributed by atoms with van der Waals surface area (Å²) in [6, 6.07) is 5.40. The average Bonchev–Trinajstić information content (AvgIpc) is 2.17. The number of hydrogen-bond donors (Lipinski definition) is 2. The number of anilines is 2. The maximum absolute atomic E-state index is 11.4. The molecule has 1 amide bonds. The summed E-state index contributed by atoms with van der Waals surface area (Å²) in [7, 11) is 3.75. The molecule has 4 nitrogen and oxygen atoms in total. The second-order valence-corrected chi connectivity index (χ2v) is 4.02. The van der Waals surface area contributed by atoms with Gasteiger partial charge in [0.1, 0.15) is 0 Å². The van der Waals surface area contributed by atoms with E-state index >= 15 is 0 Å². The Labute approximate surface area is 100 Å². The van der Waals surface area contributed by atoms with E-state index in [1.807, 2.05) is 25.1 Å². The number of halogens is 1. The van der Waals surface area contributed by atoms with Gasteiger partial charge in [0.25, 0.3) is 0 Å². The largest absolute Gasteiger partial charge is 0.375 e. The molecule has 0 saturated carbocycles. The Bertz CT molecular complexity index is 379. The van der Waals surface area contributed by atoms with Crippen LogP contribution in [0.5, 0.6) is 0 Å². The molecule has 16 heavy (non-hydrogen) atoms. The molecule has 0 bridgehead atoms. The summed E-state index contributed by atoms with van der Waals surface area (Å²) in [5.74, 6) is -0.104. The highest BCUT2D eigenvalue weighted by Gasteiger charge is 2.10. The van der Waals surface area contributed by atoms with Crippen molar-refractivity contribution in [3.63, 3.8) is 0 Å². The molecule has 0 aliphatic heterocycles. The zero-order valence-electron chi connectivity index (χ0n) is 9.46. The number of rotatable bonds is 4. The molecule has 0 aliphatic carbocycles. The fourth-order valence-electron chi connectivity index (χ4n) is 1.41. The van der Waals surface area contributed by atoms with E-state index in [0.29, 0.717) is 23.7 Å². The van der Waals surface area contributed by atoms with Gasteiger partial charge >= 0.3 is 0 Å². The summed E-state index contributed by atoms with van der Waals surface area (Å²) < 4.78 is 0. The molecule has 0 aromatic heterocycles. The van der Waals surface area contributed by atoms with Gasteiger partial charge in [-0.1, -0.05) is 17.7 Å². The van der Waals surface area contributed by atoms with Crippen molar-refractivity contribution in [1.82, 2.24) is 0 Å². The Hall–Kier alpha value is -1.26. The predicted molar refractivity (Wildman–Crippen MR) is 68.1 cm³/mol. The third kappa shape index (κ3) is 3.12. The first kappa shape index (κ1) is 12.8. The Balaban J connectivity index is 2.95. The van der Waals surface area contributed by atoms with Crippen LogP contribution in [0, 0.1) is 0 Å². The number of benzene rings is 1. The van der Waals surface area contributed by atoms with Crippen LogP contribution < -0.4 is 16.0 Å².